The molecule has 3 rings (SSSR count). The molecule has 0 bridgehead atoms. The number of aryl methyl sites for hydroxylation is 1. The monoisotopic (exact) mass is 402 g/mol. The van der Waals surface area contributed by atoms with Gasteiger partial charge in [-0.25, -0.2) is 8.42 Å². The Labute approximate surface area is 164 Å². The molecular formula is C20H22N2O5S. The molecule has 0 radical (unpaired) electrons. The average Bonchev–Trinajstić information content (AvgIpc) is 2.65. The molecule has 1 aliphatic rings. The van der Waals surface area contributed by atoms with Gasteiger partial charge in [0, 0.05) is 12.8 Å². The lowest BCUT2D eigenvalue weighted by Gasteiger charge is -2.25. The van der Waals surface area contributed by atoms with Crippen LogP contribution in [0.3, 0.4) is 0 Å². The average molecular weight is 402 g/mol. The van der Waals surface area contributed by atoms with E-state index in [0.29, 0.717) is 12.1 Å². The van der Waals surface area contributed by atoms with Crippen LogP contribution in [0.5, 0.6) is 5.75 Å². The molecule has 148 valence electrons. The summed E-state index contributed by atoms with van der Waals surface area (Å²) in [5.74, 6) is -0.557. The molecule has 1 fully saturated rings. The number of piperidine rings is 1. The second kappa shape index (κ2) is 7.63. The van der Waals surface area contributed by atoms with E-state index < -0.39 is 10.0 Å². The second-order valence-corrected chi connectivity index (χ2v) is 8.32. The molecule has 2 amide bonds. The number of sulfonamides is 1. The van der Waals surface area contributed by atoms with E-state index in [0.717, 1.165) is 16.0 Å². The summed E-state index contributed by atoms with van der Waals surface area (Å²) in [4.78, 5) is 25.3. The van der Waals surface area contributed by atoms with Crippen molar-refractivity contribution in [2.45, 2.75) is 38.0 Å². The van der Waals surface area contributed by atoms with Crippen LogP contribution in [0, 0.1) is 13.8 Å². The number of benzene rings is 2. The van der Waals surface area contributed by atoms with Gasteiger partial charge < -0.3 is 4.74 Å². The van der Waals surface area contributed by atoms with E-state index >= 15 is 0 Å². The molecule has 7 nitrogen and oxygen atoms in total. The van der Waals surface area contributed by atoms with Crippen LogP contribution in [0.2, 0.25) is 0 Å². The number of amides is 2. The maximum Gasteiger partial charge on any atom is 0.265 e. The summed E-state index contributed by atoms with van der Waals surface area (Å²) >= 11 is 0. The highest BCUT2D eigenvalue weighted by atomic mass is 32.2. The topological polar surface area (TPSA) is 92.8 Å². The van der Waals surface area contributed by atoms with Crippen molar-refractivity contribution in [3.8, 4) is 5.75 Å². The van der Waals surface area contributed by atoms with E-state index in [1.807, 2.05) is 19.9 Å². The van der Waals surface area contributed by atoms with E-state index in [4.69, 9.17) is 4.74 Å². The minimum Gasteiger partial charge on any atom is -0.495 e. The largest absolute Gasteiger partial charge is 0.495 e. The zero-order valence-corrected chi connectivity index (χ0v) is 16.8. The van der Waals surface area contributed by atoms with Crippen LogP contribution in [0.1, 0.15) is 30.4 Å². The number of anilines is 2. The lowest BCUT2D eigenvalue weighted by Crippen LogP contribution is -2.40. The molecule has 1 N–H and O–H groups in total. The van der Waals surface area contributed by atoms with Crippen molar-refractivity contribution >= 4 is 33.2 Å². The number of rotatable bonds is 5. The van der Waals surface area contributed by atoms with E-state index in [9.17, 15) is 18.0 Å². The van der Waals surface area contributed by atoms with Gasteiger partial charge in [0.15, 0.2) is 0 Å². The molecule has 0 spiro atoms. The third-order valence-corrected chi connectivity index (χ3v) is 6.21. The number of ether oxygens (including phenoxy) is 1. The van der Waals surface area contributed by atoms with Gasteiger partial charge in [0.05, 0.1) is 18.5 Å². The fourth-order valence-electron chi connectivity index (χ4n) is 3.12. The smallest absolute Gasteiger partial charge is 0.265 e. The molecule has 1 aliphatic heterocycles. The van der Waals surface area contributed by atoms with Crippen LogP contribution in [-0.4, -0.2) is 27.3 Å². The summed E-state index contributed by atoms with van der Waals surface area (Å²) in [7, 11) is -2.65. The van der Waals surface area contributed by atoms with E-state index in [2.05, 4.69) is 4.72 Å². The Morgan fingerprint density at radius 1 is 1.04 bits per heavy atom. The van der Waals surface area contributed by atoms with Gasteiger partial charge in [-0.15, -0.1) is 0 Å². The van der Waals surface area contributed by atoms with Crippen molar-refractivity contribution in [2.75, 3.05) is 16.7 Å². The molecule has 2 aromatic carbocycles. The fourth-order valence-corrected chi connectivity index (χ4v) is 4.43. The van der Waals surface area contributed by atoms with Crippen LogP contribution in [0.15, 0.2) is 41.3 Å². The number of nitrogens with zero attached hydrogens (tertiary/aromatic N) is 1. The van der Waals surface area contributed by atoms with Crippen LogP contribution >= 0.6 is 0 Å². The van der Waals surface area contributed by atoms with Crippen molar-refractivity contribution in [1.82, 2.24) is 0 Å². The Hall–Kier alpha value is -2.87. The normalized spacial score (nSPS) is 14.9. The molecule has 2 aromatic rings. The Kier molecular flexibility index (Phi) is 5.42. The number of hydrogen-bond acceptors (Lipinski definition) is 5. The maximum atomic E-state index is 13.1. The first kappa shape index (κ1) is 19.9. The van der Waals surface area contributed by atoms with Crippen LogP contribution in [-0.2, 0) is 19.6 Å². The molecule has 1 saturated heterocycles. The summed E-state index contributed by atoms with van der Waals surface area (Å²) in [5, 5.41) is 0. The quantitative estimate of drug-likeness (QED) is 0.776. The second-order valence-electron chi connectivity index (χ2n) is 6.66. The number of imide groups is 1. The number of carbonyl (C=O) groups excluding carboxylic acids is 2. The van der Waals surface area contributed by atoms with Gasteiger partial charge in [0.1, 0.15) is 10.6 Å². The van der Waals surface area contributed by atoms with Gasteiger partial charge in [0.2, 0.25) is 11.8 Å². The van der Waals surface area contributed by atoms with Crippen molar-refractivity contribution in [1.29, 1.82) is 0 Å². The molecule has 0 unspecified atom stereocenters. The molecule has 0 aliphatic carbocycles. The fraction of sp³-hybridized carbons (Fsp3) is 0.300. The van der Waals surface area contributed by atoms with Crippen LogP contribution in [0.4, 0.5) is 11.4 Å². The van der Waals surface area contributed by atoms with Crippen molar-refractivity contribution in [3.63, 3.8) is 0 Å². The number of nitrogens with one attached hydrogen (secondary N) is 1. The Balaban J connectivity index is 2.05. The standard InChI is InChI=1S/C20H22N2O5S/c1-13-6-4-7-16(14(13)2)21-28(25,26)18-12-15(10-11-17(18)27-3)22-19(23)8-5-9-20(22)24/h4,6-7,10-12,21H,5,8-9H2,1-3H3. The number of carbonyl (C=O) groups is 2. The minimum absolute atomic E-state index is 0.124. The molecule has 8 heteroatoms. The summed E-state index contributed by atoms with van der Waals surface area (Å²) in [5.41, 5.74) is 2.43. The maximum absolute atomic E-state index is 13.1. The Morgan fingerprint density at radius 3 is 2.36 bits per heavy atom. The molecular weight excluding hydrogens is 380 g/mol. The van der Waals surface area contributed by atoms with E-state index in [1.165, 1.54) is 25.3 Å². The Bertz CT molecular complexity index is 1030. The summed E-state index contributed by atoms with van der Waals surface area (Å²) in [6.07, 6.45) is 1.00. The van der Waals surface area contributed by atoms with Gasteiger partial charge in [-0.05, 0) is 55.7 Å². The Morgan fingerprint density at radius 2 is 1.71 bits per heavy atom. The van der Waals surface area contributed by atoms with Gasteiger partial charge in [-0.2, -0.15) is 0 Å². The summed E-state index contributed by atoms with van der Waals surface area (Å²) < 4.78 is 33.9. The molecule has 0 aromatic heterocycles. The zero-order chi connectivity index (χ0) is 20.5. The van der Waals surface area contributed by atoms with Crippen molar-refractivity contribution < 1.29 is 22.7 Å². The SMILES string of the molecule is COc1ccc(N2C(=O)CCCC2=O)cc1S(=O)(=O)Nc1cccc(C)c1C. The predicted octanol–water partition coefficient (Wildman–Crippen LogP) is 3.16. The molecule has 28 heavy (non-hydrogen) atoms. The first-order chi connectivity index (χ1) is 13.2. The number of hydrogen-bond donors (Lipinski definition) is 1. The highest BCUT2D eigenvalue weighted by molar-refractivity contribution is 7.92. The van der Waals surface area contributed by atoms with Crippen molar-refractivity contribution in [3.05, 3.63) is 47.5 Å². The van der Waals surface area contributed by atoms with Gasteiger partial charge in [0.25, 0.3) is 10.0 Å². The van der Waals surface area contributed by atoms with Crippen LogP contribution in [0.25, 0.3) is 0 Å². The molecule has 0 atom stereocenters. The third kappa shape index (κ3) is 3.73. The summed E-state index contributed by atoms with van der Waals surface area (Å²) in [6.45, 7) is 3.72. The van der Waals surface area contributed by atoms with E-state index in [-0.39, 0.29) is 41.0 Å². The zero-order valence-electron chi connectivity index (χ0n) is 16.0. The highest BCUT2D eigenvalue weighted by Gasteiger charge is 2.30. The van der Waals surface area contributed by atoms with Crippen LogP contribution < -0.4 is 14.4 Å². The molecule has 1 heterocycles. The summed E-state index contributed by atoms with van der Waals surface area (Å²) in [6, 6.07) is 9.58. The van der Waals surface area contributed by atoms with Gasteiger partial charge in [-0.1, -0.05) is 12.1 Å². The van der Waals surface area contributed by atoms with Gasteiger partial charge in [-0.3, -0.25) is 19.2 Å². The predicted molar refractivity (Wildman–Crippen MR) is 106 cm³/mol. The minimum atomic E-state index is -4.02. The lowest BCUT2D eigenvalue weighted by atomic mass is 10.1. The third-order valence-electron chi connectivity index (χ3n) is 4.82. The van der Waals surface area contributed by atoms with Gasteiger partial charge >= 0.3 is 0 Å². The van der Waals surface area contributed by atoms with E-state index in [1.54, 1.807) is 12.1 Å². The first-order valence-electron chi connectivity index (χ1n) is 8.87. The lowest BCUT2D eigenvalue weighted by molar-refractivity contribution is -0.129. The van der Waals surface area contributed by atoms with Crippen molar-refractivity contribution in [2.24, 2.45) is 0 Å². The highest BCUT2D eigenvalue weighted by Crippen LogP contribution is 2.32. The first-order valence-corrected chi connectivity index (χ1v) is 10.4. The molecule has 0 saturated carbocycles. The number of methoxy groups -OCH3 is 1.